The van der Waals surface area contributed by atoms with Gasteiger partial charge in [-0.15, -0.1) is 0 Å². The molecular formula is C17H25N3O2. The Balaban J connectivity index is 1.96. The van der Waals surface area contributed by atoms with Crippen LogP contribution in [0, 0.1) is 11.3 Å². The number of hydrogen-bond acceptors (Lipinski definition) is 3. The molecule has 120 valence electrons. The number of aromatic amines is 1. The van der Waals surface area contributed by atoms with Crippen molar-refractivity contribution in [2.75, 3.05) is 6.54 Å². The van der Waals surface area contributed by atoms with Gasteiger partial charge in [0.1, 0.15) is 5.65 Å². The number of aliphatic hydroxyl groups excluding tert-OH is 1. The van der Waals surface area contributed by atoms with Crippen molar-refractivity contribution in [1.29, 1.82) is 0 Å². The van der Waals surface area contributed by atoms with Crippen LogP contribution >= 0.6 is 0 Å². The third-order valence-electron chi connectivity index (χ3n) is 4.06. The Morgan fingerprint density at radius 3 is 2.86 bits per heavy atom. The Labute approximate surface area is 131 Å². The second kappa shape index (κ2) is 6.48. The minimum Gasteiger partial charge on any atom is -0.392 e. The standard InChI is InChI=1S/C17H25N3O2/c1-11(2)15(22)17(3,4)10-20-14(21)8-12-9-19-16-13(12)6-5-7-18-16/h5-7,9,11,15,22H,8,10H2,1-4H3,(H,18,19)(H,20,21). The van der Waals surface area contributed by atoms with Crippen molar-refractivity contribution in [1.82, 2.24) is 15.3 Å². The van der Waals surface area contributed by atoms with Gasteiger partial charge in [0, 0.05) is 29.7 Å². The van der Waals surface area contributed by atoms with E-state index in [2.05, 4.69) is 15.3 Å². The lowest BCUT2D eigenvalue weighted by Crippen LogP contribution is -2.43. The van der Waals surface area contributed by atoms with Crippen LogP contribution in [-0.4, -0.2) is 33.6 Å². The highest BCUT2D eigenvalue weighted by atomic mass is 16.3. The maximum absolute atomic E-state index is 12.2. The first-order valence-corrected chi connectivity index (χ1v) is 7.67. The number of H-pyrrole nitrogens is 1. The molecule has 0 aliphatic rings. The second-order valence-electron chi connectivity index (χ2n) is 6.84. The first kappa shape index (κ1) is 16.5. The van der Waals surface area contributed by atoms with Crippen LogP contribution in [0.5, 0.6) is 0 Å². The topological polar surface area (TPSA) is 78.0 Å². The van der Waals surface area contributed by atoms with E-state index in [1.807, 2.05) is 46.0 Å². The Kier molecular flexibility index (Phi) is 4.86. The van der Waals surface area contributed by atoms with E-state index >= 15 is 0 Å². The van der Waals surface area contributed by atoms with E-state index in [1.165, 1.54) is 0 Å². The summed E-state index contributed by atoms with van der Waals surface area (Å²) in [7, 11) is 0. The number of hydrogen-bond donors (Lipinski definition) is 3. The average molecular weight is 303 g/mol. The second-order valence-corrected chi connectivity index (χ2v) is 6.84. The van der Waals surface area contributed by atoms with E-state index in [0.29, 0.717) is 13.0 Å². The first-order chi connectivity index (χ1) is 10.3. The molecule has 0 bridgehead atoms. The molecule has 0 saturated carbocycles. The normalized spacial score (nSPS) is 13.5. The zero-order valence-corrected chi connectivity index (χ0v) is 13.7. The number of aliphatic hydroxyl groups is 1. The molecule has 5 nitrogen and oxygen atoms in total. The number of pyridine rings is 1. The van der Waals surface area contributed by atoms with Crippen LogP contribution in [-0.2, 0) is 11.2 Å². The van der Waals surface area contributed by atoms with Crippen LogP contribution in [0.25, 0.3) is 11.0 Å². The van der Waals surface area contributed by atoms with E-state index in [1.54, 1.807) is 6.20 Å². The summed E-state index contributed by atoms with van der Waals surface area (Å²) in [5.74, 6) is 0.111. The molecule has 2 heterocycles. The predicted molar refractivity (Wildman–Crippen MR) is 87.4 cm³/mol. The molecule has 3 N–H and O–H groups in total. The van der Waals surface area contributed by atoms with Gasteiger partial charge in [0.15, 0.2) is 0 Å². The molecule has 1 unspecified atom stereocenters. The summed E-state index contributed by atoms with van der Waals surface area (Å²) in [6, 6.07) is 3.81. The minimum absolute atomic E-state index is 0.0474. The SMILES string of the molecule is CC(C)C(O)C(C)(C)CNC(=O)Cc1c[nH]c2ncccc12. The van der Waals surface area contributed by atoms with Crippen molar-refractivity contribution in [2.24, 2.45) is 11.3 Å². The minimum atomic E-state index is -0.454. The van der Waals surface area contributed by atoms with Gasteiger partial charge < -0.3 is 15.4 Å². The zero-order valence-electron chi connectivity index (χ0n) is 13.7. The average Bonchev–Trinajstić information content (AvgIpc) is 2.88. The van der Waals surface area contributed by atoms with Crippen LogP contribution < -0.4 is 5.32 Å². The highest BCUT2D eigenvalue weighted by molar-refractivity contribution is 5.87. The number of rotatable bonds is 6. The fraction of sp³-hybridized carbons (Fsp3) is 0.529. The molecule has 1 atom stereocenters. The van der Waals surface area contributed by atoms with E-state index in [0.717, 1.165) is 16.6 Å². The number of amides is 1. The van der Waals surface area contributed by atoms with Gasteiger partial charge in [0.2, 0.25) is 5.91 Å². The smallest absolute Gasteiger partial charge is 0.224 e. The molecule has 22 heavy (non-hydrogen) atoms. The fourth-order valence-electron chi connectivity index (χ4n) is 2.73. The molecule has 0 aliphatic carbocycles. The Bertz CT molecular complexity index is 646. The van der Waals surface area contributed by atoms with Gasteiger partial charge in [0.05, 0.1) is 12.5 Å². The van der Waals surface area contributed by atoms with Crippen molar-refractivity contribution in [3.05, 3.63) is 30.1 Å². The van der Waals surface area contributed by atoms with Gasteiger partial charge in [-0.05, 0) is 23.6 Å². The van der Waals surface area contributed by atoms with Crippen molar-refractivity contribution < 1.29 is 9.90 Å². The Hall–Kier alpha value is -1.88. The number of nitrogens with one attached hydrogen (secondary N) is 2. The molecule has 5 heteroatoms. The lowest BCUT2D eigenvalue weighted by molar-refractivity contribution is -0.121. The fourth-order valence-corrected chi connectivity index (χ4v) is 2.73. The van der Waals surface area contributed by atoms with E-state index in [4.69, 9.17) is 0 Å². The van der Waals surface area contributed by atoms with Crippen molar-refractivity contribution in [2.45, 2.75) is 40.2 Å². The third kappa shape index (κ3) is 3.65. The molecule has 0 aliphatic heterocycles. The summed E-state index contributed by atoms with van der Waals surface area (Å²) < 4.78 is 0. The van der Waals surface area contributed by atoms with E-state index in [9.17, 15) is 9.90 Å². The summed E-state index contributed by atoms with van der Waals surface area (Å²) in [6.45, 7) is 8.34. The highest BCUT2D eigenvalue weighted by Gasteiger charge is 2.30. The molecule has 2 rings (SSSR count). The molecule has 0 saturated heterocycles. The van der Waals surface area contributed by atoms with Gasteiger partial charge >= 0.3 is 0 Å². The predicted octanol–water partition coefficient (Wildman–Crippen LogP) is 2.26. The zero-order chi connectivity index (χ0) is 16.3. The first-order valence-electron chi connectivity index (χ1n) is 7.67. The summed E-state index contributed by atoms with van der Waals surface area (Å²) in [5.41, 5.74) is 1.37. The number of fused-ring (bicyclic) bond motifs is 1. The molecule has 2 aromatic rings. The Morgan fingerprint density at radius 1 is 1.45 bits per heavy atom. The van der Waals surface area contributed by atoms with Gasteiger partial charge in [0.25, 0.3) is 0 Å². The number of nitrogens with zero attached hydrogens (tertiary/aromatic N) is 1. The lowest BCUT2D eigenvalue weighted by Gasteiger charge is -2.33. The van der Waals surface area contributed by atoms with E-state index in [-0.39, 0.29) is 17.2 Å². The summed E-state index contributed by atoms with van der Waals surface area (Å²) >= 11 is 0. The van der Waals surface area contributed by atoms with Crippen LogP contribution in [0.3, 0.4) is 0 Å². The molecule has 0 aromatic carbocycles. The van der Waals surface area contributed by atoms with Crippen LogP contribution in [0.2, 0.25) is 0 Å². The highest BCUT2D eigenvalue weighted by Crippen LogP contribution is 2.25. The molecule has 0 fully saturated rings. The summed E-state index contributed by atoms with van der Waals surface area (Å²) in [5, 5.41) is 14.1. The number of aromatic nitrogens is 2. The molecule has 1 amide bonds. The quantitative estimate of drug-likeness (QED) is 0.766. The van der Waals surface area contributed by atoms with Gasteiger partial charge in [-0.3, -0.25) is 4.79 Å². The van der Waals surface area contributed by atoms with Crippen LogP contribution in [0.1, 0.15) is 33.3 Å². The van der Waals surface area contributed by atoms with Crippen molar-refractivity contribution in [3.63, 3.8) is 0 Å². The molecule has 0 spiro atoms. The summed E-state index contributed by atoms with van der Waals surface area (Å²) in [4.78, 5) is 19.5. The van der Waals surface area contributed by atoms with Gasteiger partial charge in [-0.25, -0.2) is 4.98 Å². The maximum Gasteiger partial charge on any atom is 0.224 e. The Morgan fingerprint density at radius 2 is 2.18 bits per heavy atom. The van der Waals surface area contributed by atoms with E-state index < -0.39 is 6.10 Å². The third-order valence-corrected chi connectivity index (χ3v) is 4.06. The number of carbonyl (C=O) groups excluding carboxylic acids is 1. The van der Waals surface area contributed by atoms with Crippen molar-refractivity contribution >= 4 is 16.9 Å². The van der Waals surface area contributed by atoms with Crippen molar-refractivity contribution in [3.8, 4) is 0 Å². The molecular weight excluding hydrogens is 278 g/mol. The molecule has 2 aromatic heterocycles. The van der Waals surface area contributed by atoms with Gasteiger partial charge in [-0.1, -0.05) is 27.7 Å². The monoisotopic (exact) mass is 303 g/mol. The van der Waals surface area contributed by atoms with Crippen LogP contribution in [0.15, 0.2) is 24.5 Å². The van der Waals surface area contributed by atoms with Gasteiger partial charge in [-0.2, -0.15) is 0 Å². The maximum atomic E-state index is 12.2. The molecule has 0 radical (unpaired) electrons. The largest absolute Gasteiger partial charge is 0.392 e. The summed E-state index contributed by atoms with van der Waals surface area (Å²) in [6.07, 6.45) is 3.40. The lowest BCUT2D eigenvalue weighted by atomic mass is 9.80. The van der Waals surface area contributed by atoms with Crippen LogP contribution in [0.4, 0.5) is 0 Å². The number of carbonyl (C=O) groups is 1.